The molecule has 2 aliphatic rings. The van der Waals surface area contributed by atoms with E-state index in [1.807, 2.05) is 17.9 Å². The average Bonchev–Trinajstić information content (AvgIpc) is 3.75. The van der Waals surface area contributed by atoms with Gasteiger partial charge in [0.2, 0.25) is 5.82 Å². The van der Waals surface area contributed by atoms with E-state index in [9.17, 15) is 9.59 Å². The summed E-state index contributed by atoms with van der Waals surface area (Å²) >= 11 is 0. The lowest BCUT2D eigenvalue weighted by atomic mass is 9.85. The molecule has 202 valence electrons. The maximum absolute atomic E-state index is 13.1. The minimum atomic E-state index is -0.160. The number of carbonyl (C=O) groups excluding carboxylic acids is 2. The molecule has 2 aliphatic heterocycles. The molecule has 0 aromatic carbocycles. The van der Waals surface area contributed by atoms with Gasteiger partial charge in [0.05, 0.1) is 17.5 Å². The number of aromatic amines is 2. The van der Waals surface area contributed by atoms with Gasteiger partial charge in [-0.25, -0.2) is 9.97 Å². The van der Waals surface area contributed by atoms with Gasteiger partial charge in [-0.1, -0.05) is 0 Å². The molecule has 13 nitrogen and oxygen atoms in total. The van der Waals surface area contributed by atoms with Crippen molar-refractivity contribution in [3.05, 3.63) is 59.8 Å². The number of hydrogen-bond acceptors (Lipinski definition) is 9. The van der Waals surface area contributed by atoms with E-state index in [-0.39, 0.29) is 41.3 Å². The molecule has 13 heteroatoms. The van der Waals surface area contributed by atoms with Gasteiger partial charge in [-0.05, 0) is 51.2 Å². The number of fused-ring (bicyclic) bond motifs is 3. The van der Waals surface area contributed by atoms with E-state index in [2.05, 4.69) is 35.2 Å². The van der Waals surface area contributed by atoms with Crippen molar-refractivity contribution in [2.45, 2.75) is 57.5 Å². The molecule has 2 unspecified atom stereocenters. The van der Waals surface area contributed by atoms with Crippen LogP contribution < -0.4 is 5.73 Å². The summed E-state index contributed by atoms with van der Waals surface area (Å²) < 4.78 is 1.53. The van der Waals surface area contributed by atoms with Crippen molar-refractivity contribution in [1.82, 2.24) is 49.6 Å². The molecule has 7 heterocycles. The Morgan fingerprint density at radius 3 is 2.55 bits per heavy atom. The van der Waals surface area contributed by atoms with E-state index < -0.39 is 0 Å². The van der Waals surface area contributed by atoms with Gasteiger partial charge >= 0.3 is 0 Å². The minimum Gasteiger partial charge on any atom is -0.383 e. The summed E-state index contributed by atoms with van der Waals surface area (Å²) in [6.07, 6.45) is 11.5. The maximum atomic E-state index is 13.1. The van der Waals surface area contributed by atoms with Crippen LogP contribution in [0.1, 0.15) is 70.8 Å². The Morgan fingerprint density at radius 2 is 1.90 bits per heavy atom. The van der Waals surface area contributed by atoms with Crippen LogP contribution in [0.25, 0.3) is 28.3 Å². The molecule has 0 radical (unpaired) electrons. The van der Waals surface area contributed by atoms with Crippen molar-refractivity contribution >= 4 is 23.2 Å². The van der Waals surface area contributed by atoms with Gasteiger partial charge in [0, 0.05) is 47.7 Å². The number of Topliss-reactive ketones (excluding diaryl/α,β-unsaturated/α-hetero) is 1. The van der Waals surface area contributed by atoms with E-state index in [1.165, 1.54) is 17.8 Å². The number of aryl methyl sites for hydroxylation is 1. The van der Waals surface area contributed by atoms with Crippen molar-refractivity contribution in [3.63, 3.8) is 0 Å². The Kier molecular flexibility index (Phi) is 5.47. The van der Waals surface area contributed by atoms with E-state index in [0.29, 0.717) is 35.6 Å². The number of carbonyl (C=O) groups is 2. The molecule has 5 aromatic heterocycles. The van der Waals surface area contributed by atoms with E-state index >= 15 is 0 Å². The largest absolute Gasteiger partial charge is 0.383 e. The fourth-order valence-electron chi connectivity index (χ4n) is 6.42. The Hall–Kier alpha value is -4.94. The van der Waals surface area contributed by atoms with Crippen LogP contribution in [0.2, 0.25) is 0 Å². The summed E-state index contributed by atoms with van der Waals surface area (Å²) in [5.74, 6) is 0.871. The number of nitrogen functional groups attached to an aromatic ring is 1. The molecule has 0 saturated carbocycles. The van der Waals surface area contributed by atoms with Gasteiger partial charge in [-0.15, -0.1) is 10.2 Å². The lowest BCUT2D eigenvalue weighted by Gasteiger charge is -2.38. The number of H-pyrrole nitrogens is 2. The van der Waals surface area contributed by atoms with Crippen molar-refractivity contribution in [1.29, 1.82) is 0 Å². The van der Waals surface area contributed by atoms with Crippen LogP contribution in [0.3, 0.4) is 0 Å². The summed E-state index contributed by atoms with van der Waals surface area (Å²) in [5, 5.41) is 12.2. The zero-order valence-electron chi connectivity index (χ0n) is 22.0. The van der Waals surface area contributed by atoms with E-state index in [0.717, 1.165) is 35.2 Å². The number of amides is 1. The number of nitrogens with one attached hydrogen (secondary N) is 2. The molecule has 0 spiro atoms. The summed E-state index contributed by atoms with van der Waals surface area (Å²) in [6.45, 7) is 3.48. The highest BCUT2D eigenvalue weighted by atomic mass is 16.2. The monoisotopic (exact) mass is 537 g/mol. The van der Waals surface area contributed by atoms with Crippen LogP contribution >= 0.6 is 0 Å². The van der Waals surface area contributed by atoms with Crippen molar-refractivity contribution in [3.8, 4) is 22.6 Å². The number of ketones is 1. The number of pyridine rings is 1. The summed E-state index contributed by atoms with van der Waals surface area (Å²) in [6, 6.07) is 2.06. The lowest BCUT2D eigenvalue weighted by Crippen LogP contribution is -2.46. The Bertz CT molecular complexity index is 1740. The highest BCUT2D eigenvalue weighted by Gasteiger charge is 2.45. The number of hydrogen-bond donors (Lipinski definition) is 3. The molecular weight excluding hydrogens is 510 g/mol. The van der Waals surface area contributed by atoms with Gasteiger partial charge in [0.15, 0.2) is 17.3 Å². The van der Waals surface area contributed by atoms with Gasteiger partial charge in [-0.2, -0.15) is 9.61 Å². The molecule has 4 N–H and O–H groups in total. The third-order valence-corrected chi connectivity index (χ3v) is 8.15. The first-order valence-electron chi connectivity index (χ1n) is 13.2. The second-order valence-corrected chi connectivity index (χ2v) is 10.5. The molecule has 2 atom stereocenters. The molecular formula is C27H27N11O2. The molecule has 2 fully saturated rings. The Labute approximate surface area is 228 Å². The average molecular weight is 538 g/mol. The fraction of sp³-hybridized carbons (Fsp3) is 0.333. The summed E-state index contributed by atoms with van der Waals surface area (Å²) in [7, 11) is 0. The number of rotatable bonds is 5. The van der Waals surface area contributed by atoms with Crippen molar-refractivity contribution in [2.24, 2.45) is 0 Å². The van der Waals surface area contributed by atoms with Crippen LogP contribution in [0.5, 0.6) is 0 Å². The maximum Gasteiger partial charge on any atom is 0.292 e. The predicted octanol–water partition coefficient (Wildman–Crippen LogP) is 2.94. The fourth-order valence-corrected chi connectivity index (χ4v) is 6.42. The first kappa shape index (κ1) is 24.1. The second-order valence-electron chi connectivity index (χ2n) is 10.5. The van der Waals surface area contributed by atoms with Crippen LogP contribution in [0.4, 0.5) is 5.82 Å². The first-order chi connectivity index (χ1) is 19.4. The molecule has 7 rings (SSSR count). The van der Waals surface area contributed by atoms with Crippen LogP contribution in [0, 0.1) is 6.92 Å². The zero-order chi connectivity index (χ0) is 27.5. The van der Waals surface area contributed by atoms with Crippen molar-refractivity contribution in [2.75, 3.05) is 5.73 Å². The predicted molar refractivity (Wildman–Crippen MR) is 144 cm³/mol. The molecule has 1 amide bonds. The number of aromatic nitrogens is 9. The number of piperidine rings is 1. The van der Waals surface area contributed by atoms with E-state index in [1.54, 1.807) is 24.8 Å². The zero-order valence-corrected chi connectivity index (χ0v) is 22.0. The van der Waals surface area contributed by atoms with Gasteiger partial charge in [-0.3, -0.25) is 14.6 Å². The lowest BCUT2D eigenvalue weighted by molar-refractivity contribution is 0.0556. The molecule has 40 heavy (non-hydrogen) atoms. The third kappa shape index (κ3) is 3.68. The number of imidazole rings is 1. The normalized spacial score (nSPS) is 20.4. The smallest absolute Gasteiger partial charge is 0.292 e. The minimum absolute atomic E-state index is 0.0192. The van der Waals surface area contributed by atoms with Crippen LogP contribution in [-0.2, 0) is 0 Å². The summed E-state index contributed by atoms with van der Waals surface area (Å²) in [4.78, 5) is 47.9. The highest BCUT2D eigenvalue weighted by Crippen LogP contribution is 2.45. The quantitative estimate of drug-likeness (QED) is 0.284. The number of nitrogens with two attached hydrogens (primary N) is 1. The molecule has 2 saturated heterocycles. The number of nitrogens with zero attached hydrogens (tertiary/aromatic N) is 8. The van der Waals surface area contributed by atoms with Gasteiger partial charge in [0.1, 0.15) is 17.8 Å². The highest BCUT2D eigenvalue weighted by molar-refractivity contribution is 6.00. The SMILES string of the molecule is CC(=O)c1c(C2CC3CCC(C2)N3C(=O)c2nnc[nH]2)nc2c(-c3cnc(-c4ncc[nH]4)c(C)c3)cnn2c1N. The standard InChI is InChI=1S/C27H27N11O2/c1-13-7-16(10-31-21(13)24-29-5-6-30-24)19-11-34-38-23(28)20(14(2)39)22(35-26(19)38)15-8-17-3-4-18(9-15)37(17)27(40)25-32-12-33-36-25/h5-7,10-12,15,17-18H,3-4,8-9,28H2,1-2H3,(H,29,30)(H,32,33,36). The first-order valence-corrected chi connectivity index (χ1v) is 13.2. The van der Waals surface area contributed by atoms with Gasteiger partial charge < -0.3 is 20.6 Å². The second kappa shape index (κ2) is 9.07. The molecule has 5 aromatic rings. The Morgan fingerprint density at radius 1 is 1.10 bits per heavy atom. The third-order valence-electron chi connectivity index (χ3n) is 8.15. The van der Waals surface area contributed by atoms with Crippen LogP contribution in [-0.4, -0.2) is 73.4 Å². The van der Waals surface area contributed by atoms with E-state index in [4.69, 9.17) is 10.7 Å². The van der Waals surface area contributed by atoms with Gasteiger partial charge in [0.25, 0.3) is 5.91 Å². The summed E-state index contributed by atoms with van der Waals surface area (Å²) in [5.41, 5.74) is 11.5. The van der Waals surface area contributed by atoms with Crippen molar-refractivity contribution < 1.29 is 9.59 Å². The van der Waals surface area contributed by atoms with Crippen LogP contribution in [0.15, 0.2) is 37.2 Å². The topological polar surface area (TPSA) is 177 Å². The molecule has 2 bridgehead atoms. The Balaban J connectivity index is 1.28. The molecule has 0 aliphatic carbocycles. The number of anilines is 1.